The highest BCUT2D eigenvalue weighted by molar-refractivity contribution is 5.77. The molecule has 26 heavy (non-hydrogen) atoms. The van der Waals surface area contributed by atoms with Crippen LogP contribution in [0.25, 0.3) is 22.1 Å². The molecule has 7 heteroatoms. The first kappa shape index (κ1) is 16.1. The smallest absolute Gasteiger partial charge is 0.408 e. The van der Waals surface area contributed by atoms with Gasteiger partial charge in [0.25, 0.3) is 0 Å². The number of nitrogens with one attached hydrogen (secondary N) is 2. The number of rotatable bonds is 6. The molecule has 0 bridgehead atoms. The predicted molar refractivity (Wildman–Crippen MR) is 97.9 cm³/mol. The van der Waals surface area contributed by atoms with Gasteiger partial charge < -0.3 is 14.7 Å². The molecule has 1 amide bonds. The predicted octanol–water partition coefficient (Wildman–Crippen LogP) is 2.22. The van der Waals surface area contributed by atoms with Crippen molar-refractivity contribution in [3.8, 4) is 0 Å². The SMILES string of the molecule is O=C(CCn1c(=O)oc2ccccc21)NCCc1nc2ccccc2[nH]1. The van der Waals surface area contributed by atoms with Gasteiger partial charge in [-0.15, -0.1) is 0 Å². The third-order valence-corrected chi connectivity index (χ3v) is 4.26. The number of H-pyrrole nitrogens is 1. The Morgan fingerprint density at radius 2 is 1.96 bits per heavy atom. The second-order valence-electron chi connectivity index (χ2n) is 6.04. The zero-order valence-corrected chi connectivity index (χ0v) is 14.1. The van der Waals surface area contributed by atoms with E-state index >= 15 is 0 Å². The Balaban J connectivity index is 1.31. The first-order chi connectivity index (χ1) is 12.7. The number of benzene rings is 2. The molecular formula is C19H18N4O3. The molecule has 0 saturated heterocycles. The van der Waals surface area contributed by atoms with E-state index < -0.39 is 5.76 Å². The standard InChI is InChI=1S/C19H18N4O3/c24-18(10-12-23-15-7-3-4-8-16(15)26-19(23)25)20-11-9-17-21-13-5-1-2-6-14(13)22-17/h1-8H,9-12H2,(H,20,24)(H,21,22). The Bertz CT molecular complexity index is 1090. The minimum atomic E-state index is -0.443. The summed E-state index contributed by atoms with van der Waals surface area (Å²) in [6.45, 7) is 0.770. The molecule has 0 saturated carbocycles. The van der Waals surface area contributed by atoms with Crippen LogP contribution in [0.1, 0.15) is 12.2 Å². The monoisotopic (exact) mass is 350 g/mol. The fourth-order valence-corrected chi connectivity index (χ4v) is 2.97. The largest absolute Gasteiger partial charge is 0.419 e. The van der Waals surface area contributed by atoms with E-state index in [9.17, 15) is 9.59 Å². The van der Waals surface area contributed by atoms with Crippen LogP contribution in [0.5, 0.6) is 0 Å². The van der Waals surface area contributed by atoms with Crippen LogP contribution in [0.2, 0.25) is 0 Å². The summed E-state index contributed by atoms with van der Waals surface area (Å²) in [5.41, 5.74) is 3.13. The molecule has 4 aromatic rings. The summed E-state index contributed by atoms with van der Waals surface area (Å²) < 4.78 is 6.64. The first-order valence-corrected chi connectivity index (χ1v) is 8.49. The first-order valence-electron chi connectivity index (χ1n) is 8.49. The number of amides is 1. The normalized spacial score (nSPS) is 11.2. The molecule has 0 radical (unpaired) electrons. The van der Waals surface area contributed by atoms with Crippen molar-refractivity contribution in [3.05, 3.63) is 64.9 Å². The van der Waals surface area contributed by atoms with Crippen LogP contribution >= 0.6 is 0 Å². The lowest BCUT2D eigenvalue weighted by molar-refractivity contribution is -0.121. The summed E-state index contributed by atoms with van der Waals surface area (Å²) in [5.74, 6) is 0.281. The lowest BCUT2D eigenvalue weighted by Gasteiger charge is -2.04. The van der Waals surface area contributed by atoms with Gasteiger partial charge in [-0.2, -0.15) is 0 Å². The highest BCUT2D eigenvalue weighted by Gasteiger charge is 2.10. The number of oxazole rings is 1. The number of imidazole rings is 1. The van der Waals surface area contributed by atoms with Crippen LogP contribution in [0.3, 0.4) is 0 Å². The van der Waals surface area contributed by atoms with Gasteiger partial charge in [-0.1, -0.05) is 24.3 Å². The number of carbonyl (C=O) groups is 1. The van der Waals surface area contributed by atoms with Crippen LogP contribution in [0.15, 0.2) is 57.7 Å². The summed E-state index contributed by atoms with van der Waals surface area (Å²) >= 11 is 0. The highest BCUT2D eigenvalue weighted by atomic mass is 16.4. The van der Waals surface area contributed by atoms with E-state index in [1.165, 1.54) is 4.57 Å². The number of aromatic nitrogens is 3. The Labute approximate surface area is 148 Å². The van der Waals surface area contributed by atoms with Crippen molar-refractivity contribution in [2.24, 2.45) is 0 Å². The molecule has 2 heterocycles. The zero-order chi connectivity index (χ0) is 17.9. The number of nitrogens with zero attached hydrogens (tertiary/aromatic N) is 2. The van der Waals surface area contributed by atoms with Crippen molar-refractivity contribution >= 4 is 28.0 Å². The molecule has 2 aromatic carbocycles. The Hall–Kier alpha value is -3.35. The van der Waals surface area contributed by atoms with Gasteiger partial charge in [-0.05, 0) is 24.3 Å². The molecule has 2 N–H and O–H groups in total. The van der Waals surface area contributed by atoms with Gasteiger partial charge in [-0.3, -0.25) is 9.36 Å². The van der Waals surface area contributed by atoms with E-state index in [0.29, 0.717) is 24.1 Å². The molecular weight excluding hydrogens is 332 g/mol. The third kappa shape index (κ3) is 3.23. The van der Waals surface area contributed by atoms with E-state index in [2.05, 4.69) is 15.3 Å². The molecule has 7 nitrogen and oxygen atoms in total. The lowest BCUT2D eigenvalue weighted by Crippen LogP contribution is -2.28. The van der Waals surface area contributed by atoms with Crippen molar-refractivity contribution in [3.63, 3.8) is 0 Å². The number of aromatic amines is 1. The number of aryl methyl sites for hydroxylation is 1. The maximum Gasteiger partial charge on any atom is 0.419 e. The molecule has 0 spiro atoms. The van der Waals surface area contributed by atoms with Gasteiger partial charge in [0.1, 0.15) is 5.82 Å². The molecule has 0 aliphatic heterocycles. The third-order valence-electron chi connectivity index (χ3n) is 4.26. The second-order valence-corrected chi connectivity index (χ2v) is 6.04. The number of carbonyl (C=O) groups excluding carboxylic acids is 1. The summed E-state index contributed by atoms with van der Waals surface area (Å²) in [6.07, 6.45) is 0.832. The van der Waals surface area contributed by atoms with Gasteiger partial charge in [0, 0.05) is 25.9 Å². The Morgan fingerprint density at radius 1 is 1.15 bits per heavy atom. The fraction of sp³-hybridized carbons (Fsp3) is 0.211. The topological polar surface area (TPSA) is 92.9 Å². The number of para-hydroxylation sites is 4. The maximum absolute atomic E-state index is 12.1. The van der Waals surface area contributed by atoms with Gasteiger partial charge >= 0.3 is 5.76 Å². The molecule has 0 unspecified atom stereocenters. The fourth-order valence-electron chi connectivity index (χ4n) is 2.97. The molecule has 132 valence electrons. The van der Waals surface area contributed by atoms with E-state index in [1.807, 2.05) is 30.3 Å². The second kappa shape index (κ2) is 6.87. The van der Waals surface area contributed by atoms with Crippen molar-refractivity contribution < 1.29 is 9.21 Å². The van der Waals surface area contributed by atoms with Crippen LogP contribution in [0.4, 0.5) is 0 Å². The van der Waals surface area contributed by atoms with Crippen LogP contribution < -0.4 is 11.1 Å². The summed E-state index contributed by atoms with van der Waals surface area (Å²) in [6, 6.07) is 15.0. The van der Waals surface area contributed by atoms with Crippen LogP contribution in [-0.2, 0) is 17.8 Å². The lowest BCUT2D eigenvalue weighted by atomic mass is 10.3. The molecule has 0 fully saturated rings. The Kier molecular flexibility index (Phi) is 4.27. The molecule has 4 rings (SSSR count). The number of hydrogen-bond acceptors (Lipinski definition) is 4. The van der Waals surface area contributed by atoms with Gasteiger partial charge in [-0.25, -0.2) is 9.78 Å². The van der Waals surface area contributed by atoms with E-state index in [0.717, 1.165) is 16.9 Å². The number of fused-ring (bicyclic) bond motifs is 2. The molecule has 0 atom stereocenters. The van der Waals surface area contributed by atoms with Crippen molar-refractivity contribution in [1.29, 1.82) is 0 Å². The molecule has 0 aliphatic carbocycles. The van der Waals surface area contributed by atoms with Crippen LogP contribution in [0, 0.1) is 0 Å². The molecule has 0 aliphatic rings. The van der Waals surface area contributed by atoms with E-state index in [-0.39, 0.29) is 18.9 Å². The van der Waals surface area contributed by atoms with Crippen molar-refractivity contribution in [2.45, 2.75) is 19.4 Å². The summed E-state index contributed by atoms with van der Waals surface area (Å²) in [7, 11) is 0. The number of hydrogen-bond donors (Lipinski definition) is 2. The molecule has 2 aromatic heterocycles. The van der Waals surface area contributed by atoms with E-state index in [1.54, 1.807) is 18.2 Å². The van der Waals surface area contributed by atoms with Crippen LogP contribution in [-0.4, -0.2) is 27.0 Å². The maximum atomic E-state index is 12.1. The average Bonchev–Trinajstić information content (AvgIpc) is 3.19. The average molecular weight is 350 g/mol. The van der Waals surface area contributed by atoms with Gasteiger partial charge in [0.15, 0.2) is 5.58 Å². The van der Waals surface area contributed by atoms with Crippen molar-refractivity contribution in [2.75, 3.05) is 6.54 Å². The van der Waals surface area contributed by atoms with Gasteiger partial charge in [0.05, 0.1) is 16.6 Å². The van der Waals surface area contributed by atoms with Gasteiger partial charge in [0.2, 0.25) is 5.91 Å². The quantitative estimate of drug-likeness (QED) is 0.558. The highest BCUT2D eigenvalue weighted by Crippen LogP contribution is 2.12. The summed E-state index contributed by atoms with van der Waals surface area (Å²) in [4.78, 5) is 31.7. The van der Waals surface area contributed by atoms with E-state index in [4.69, 9.17) is 4.42 Å². The zero-order valence-electron chi connectivity index (χ0n) is 14.1. The summed E-state index contributed by atoms with van der Waals surface area (Å²) in [5, 5.41) is 2.86. The minimum absolute atomic E-state index is 0.113. The van der Waals surface area contributed by atoms with Crippen molar-refractivity contribution in [1.82, 2.24) is 19.9 Å². The minimum Gasteiger partial charge on any atom is -0.408 e. The Morgan fingerprint density at radius 3 is 2.85 bits per heavy atom.